The average molecular weight is 551 g/mol. The van der Waals surface area contributed by atoms with E-state index in [1.165, 1.54) is 0 Å². The first-order chi connectivity index (χ1) is 17.8. The van der Waals surface area contributed by atoms with E-state index in [-0.39, 0.29) is 37.4 Å². The van der Waals surface area contributed by atoms with E-state index in [0.29, 0.717) is 44.1 Å². The minimum atomic E-state index is -1.93. The Morgan fingerprint density at radius 1 is 1.10 bits per heavy atom. The van der Waals surface area contributed by atoms with Crippen LogP contribution in [0, 0.1) is 28.6 Å². The first kappa shape index (κ1) is 30.8. The van der Waals surface area contributed by atoms with E-state index in [2.05, 4.69) is 0 Å². The zero-order chi connectivity index (χ0) is 29.4. The molecule has 0 aromatic heterocycles. The van der Waals surface area contributed by atoms with Gasteiger partial charge in [-0.05, 0) is 107 Å². The van der Waals surface area contributed by atoms with Gasteiger partial charge < -0.3 is 30.6 Å². The topological polar surface area (TPSA) is 156 Å². The quantitative estimate of drug-likeness (QED) is 0.269. The molecule has 2 unspecified atom stereocenters. The molecule has 0 aromatic carbocycles. The molecular formula is C31H50O8. The van der Waals surface area contributed by atoms with Crippen LogP contribution in [0.15, 0.2) is 11.6 Å². The second kappa shape index (κ2) is 9.70. The Morgan fingerprint density at radius 2 is 1.74 bits per heavy atom. The lowest BCUT2D eigenvalue weighted by Crippen LogP contribution is -2.66. The molecule has 0 saturated heterocycles. The van der Waals surface area contributed by atoms with Crippen LogP contribution in [0.3, 0.4) is 0 Å². The lowest BCUT2D eigenvalue weighted by molar-refractivity contribution is -0.194. The van der Waals surface area contributed by atoms with Crippen LogP contribution in [0.25, 0.3) is 0 Å². The highest BCUT2D eigenvalue weighted by molar-refractivity contribution is 5.96. The predicted octanol–water partition coefficient (Wildman–Crippen LogP) is 2.59. The van der Waals surface area contributed by atoms with Gasteiger partial charge in [0.2, 0.25) is 0 Å². The smallest absolute Gasteiger partial charge is 0.167 e. The summed E-state index contributed by atoms with van der Waals surface area (Å²) in [6.07, 6.45) is 2.18. The zero-order valence-corrected chi connectivity index (χ0v) is 24.5. The largest absolute Gasteiger partial charge is 0.390 e. The Balaban J connectivity index is 1.68. The van der Waals surface area contributed by atoms with Crippen molar-refractivity contribution in [2.75, 3.05) is 0 Å². The van der Waals surface area contributed by atoms with E-state index in [4.69, 9.17) is 0 Å². The molecule has 10 atom stereocenters. The standard InChI is InChI=1S/C31H50O8/c1-7-8-24(34)30(38)17-27(4)18-9-13-28(5)22(29(6,37)23(33)11-12-26(2,3)36)10-14-31(28,39)19(18)15-21(32)20(27)16-25(30)35/h15,18,20,22-23,25,33,35-39H,7-14,16-17H2,1-6H3/t18?,20-,22+,23+,25+,27+,28+,29?,30+,31+/m0/s1. The highest BCUT2D eigenvalue weighted by Gasteiger charge is 2.70. The summed E-state index contributed by atoms with van der Waals surface area (Å²) in [6, 6.07) is 0. The third-order valence-electron chi connectivity index (χ3n) is 11.6. The lowest BCUT2D eigenvalue weighted by atomic mass is 9.44. The van der Waals surface area contributed by atoms with Gasteiger partial charge in [0.05, 0.1) is 29.0 Å². The Kier molecular flexibility index (Phi) is 7.66. The Morgan fingerprint density at radius 3 is 2.33 bits per heavy atom. The molecule has 222 valence electrons. The van der Waals surface area contributed by atoms with Gasteiger partial charge in [-0.1, -0.05) is 20.8 Å². The maximum Gasteiger partial charge on any atom is 0.167 e. The fraction of sp³-hybridized carbons (Fsp3) is 0.871. The van der Waals surface area contributed by atoms with E-state index in [0.717, 1.165) is 0 Å². The molecule has 6 N–H and O–H groups in total. The van der Waals surface area contributed by atoms with Crippen LogP contribution in [0.1, 0.15) is 106 Å². The molecule has 0 aromatic rings. The number of allylic oxidation sites excluding steroid dienone is 1. The van der Waals surface area contributed by atoms with Crippen LogP contribution in [0.4, 0.5) is 0 Å². The summed E-state index contributed by atoms with van der Waals surface area (Å²) >= 11 is 0. The SMILES string of the molecule is CCCC(=O)[C@]1(O)C[C@]2(C)C3CC[C@]4(C)[C@H](C(C)(O)[C@H](O)CCC(C)(C)O)CC[C@@]4(O)C3=CC(=O)[C@@H]2C[C@H]1O. The molecule has 4 aliphatic rings. The third kappa shape index (κ3) is 4.58. The highest BCUT2D eigenvalue weighted by atomic mass is 16.4. The summed E-state index contributed by atoms with van der Waals surface area (Å²) in [6.45, 7) is 10.6. The van der Waals surface area contributed by atoms with E-state index in [9.17, 15) is 40.2 Å². The van der Waals surface area contributed by atoms with Gasteiger partial charge in [-0.3, -0.25) is 9.59 Å². The van der Waals surface area contributed by atoms with Gasteiger partial charge in [0.1, 0.15) is 5.60 Å². The maximum absolute atomic E-state index is 13.6. The molecule has 0 amide bonds. The van der Waals surface area contributed by atoms with Crippen molar-refractivity contribution in [2.45, 2.75) is 140 Å². The van der Waals surface area contributed by atoms with E-state index in [1.54, 1.807) is 26.8 Å². The number of rotatable bonds is 8. The summed E-state index contributed by atoms with van der Waals surface area (Å²) in [5.74, 6) is -1.89. The van der Waals surface area contributed by atoms with Crippen LogP contribution in [-0.2, 0) is 9.59 Å². The van der Waals surface area contributed by atoms with Crippen LogP contribution in [0.5, 0.6) is 0 Å². The van der Waals surface area contributed by atoms with Gasteiger partial charge in [-0.15, -0.1) is 0 Å². The summed E-state index contributed by atoms with van der Waals surface area (Å²) in [4.78, 5) is 26.6. The van der Waals surface area contributed by atoms with Gasteiger partial charge in [0.25, 0.3) is 0 Å². The highest BCUT2D eigenvalue weighted by Crippen LogP contribution is 2.69. The molecule has 0 bridgehead atoms. The molecule has 0 heterocycles. The lowest BCUT2D eigenvalue weighted by Gasteiger charge is -2.61. The van der Waals surface area contributed by atoms with Gasteiger partial charge in [0.15, 0.2) is 11.6 Å². The zero-order valence-electron chi connectivity index (χ0n) is 24.5. The van der Waals surface area contributed by atoms with E-state index < -0.39 is 63.1 Å². The number of Topliss-reactive ketones (excluding diaryl/α,β-unsaturated/α-hetero) is 1. The molecule has 8 heteroatoms. The van der Waals surface area contributed by atoms with Crippen LogP contribution >= 0.6 is 0 Å². The van der Waals surface area contributed by atoms with Gasteiger partial charge in [0, 0.05) is 17.8 Å². The van der Waals surface area contributed by atoms with Crippen LogP contribution < -0.4 is 0 Å². The first-order valence-electron chi connectivity index (χ1n) is 14.8. The van der Waals surface area contributed by atoms with Crippen molar-refractivity contribution >= 4 is 11.6 Å². The summed E-state index contributed by atoms with van der Waals surface area (Å²) in [5.41, 5.74) is -6.87. The van der Waals surface area contributed by atoms with Crippen LogP contribution in [0.2, 0.25) is 0 Å². The van der Waals surface area contributed by atoms with Crippen molar-refractivity contribution < 1.29 is 40.2 Å². The second-order valence-electron chi connectivity index (χ2n) is 14.6. The second-order valence-corrected chi connectivity index (χ2v) is 14.6. The number of ketones is 2. The minimum Gasteiger partial charge on any atom is -0.390 e. The molecule has 0 aliphatic heterocycles. The van der Waals surface area contributed by atoms with Crippen LogP contribution in [-0.4, -0.2) is 76.8 Å². The fourth-order valence-electron chi connectivity index (χ4n) is 9.14. The number of carbonyl (C=O) groups is 2. The molecule has 3 saturated carbocycles. The number of hydrogen-bond acceptors (Lipinski definition) is 8. The summed E-state index contributed by atoms with van der Waals surface area (Å²) < 4.78 is 0. The molecule has 4 rings (SSSR count). The number of aliphatic hydroxyl groups is 6. The Bertz CT molecular complexity index is 1030. The van der Waals surface area contributed by atoms with E-state index >= 15 is 0 Å². The average Bonchev–Trinajstić information content (AvgIpc) is 3.11. The van der Waals surface area contributed by atoms with Gasteiger partial charge in [-0.25, -0.2) is 0 Å². The first-order valence-corrected chi connectivity index (χ1v) is 14.8. The maximum atomic E-state index is 13.6. The van der Waals surface area contributed by atoms with Crippen molar-refractivity contribution in [1.29, 1.82) is 0 Å². The molecule has 0 spiro atoms. The molecule has 8 nitrogen and oxygen atoms in total. The van der Waals surface area contributed by atoms with Crippen molar-refractivity contribution in [3.8, 4) is 0 Å². The number of fused-ring (bicyclic) bond motifs is 5. The number of carbonyl (C=O) groups excluding carboxylic acids is 2. The molecule has 0 radical (unpaired) electrons. The molecule has 39 heavy (non-hydrogen) atoms. The molecular weight excluding hydrogens is 500 g/mol. The fourth-order valence-corrected chi connectivity index (χ4v) is 9.14. The molecule has 3 fully saturated rings. The third-order valence-corrected chi connectivity index (χ3v) is 11.6. The van der Waals surface area contributed by atoms with Crippen molar-refractivity contribution in [1.82, 2.24) is 0 Å². The Hall–Kier alpha value is -1.16. The van der Waals surface area contributed by atoms with Crippen molar-refractivity contribution in [2.24, 2.45) is 28.6 Å². The number of aliphatic hydroxyl groups excluding tert-OH is 2. The van der Waals surface area contributed by atoms with Gasteiger partial charge in [-0.2, -0.15) is 0 Å². The predicted molar refractivity (Wildman–Crippen MR) is 145 cm³/mol. The summed E-state index contributed by atoms with van der Waals surface area (Å²) in [5, 5.41) is 67.6. The number of hydrogen-bond donors (Lipinski definition) is 6. The normalized spacial score (nSPS) is 44.5. The summed E-state index contributed by atoms with van der Waals surface area (Å²) in [7, 11) is 0. The van der Waals surface area contributed by atoms with Gasteiger partial charge >= 0.3 is 0 Å². The minimum absolute atomic E-state index is 0.00198. The Labute approximate surface area is 232 Å². The molecule has 4 aliphatic carbocycles. The van der Waals surface area contributed by atoms with E-state index in [1.807, 2.05) is 20.8 Å². The van der Waals surface area contributed by atoms with Crippen molar-refractivity contribution in [3.63, 3.8) is 0 Å². The van der Waals surface area contributed by atoms with Crippen molar-refractivity contribution in [3.05, 3.63) is 11.6 Å². The monoisotopic (exact) mass is 550 g/mol.